The molecule has 2 rings (SSSR count). The van der Waals surface area contributed by atoms with Gasteiger partial charge < -0.3 is 0 Å². The van der Waals surface area contributed by atoms with Crippen molar-refractivity contribution in [2.75, 3.05) is 13.1 Å². The molecule has 2 aliphatic rings. The van der Waals surface area contributed by atoms with Gasteiger partial charge in [0.15, 0.2) is 0 Å². The zero-order valence-electron chi connectivity index (χ0n) is 6.92. The predicted octanol–water partition coefficient (Wildman–Crippen LogP) is 1.49. The molecular weight excluding hydrogens is 134 g/mol. The van der Waals surface area contributed by atoms with Crippen LogP contribution in [0.5, 0.6) is 0 Å². The summed E-state index contributed by atoms with van der Waals surface area (Å²) in [6.45, 7) is 2.42. The van der Waals surface area contributed by atoms with Crippen LogP contribution in [0.15, 0.2) is 0 Å². The summed E-state index contributed by atoms with van der Waals surface area (Å²) < 4.78 is 0. The molecular formula is C10H15N. The van der Waals surface area contributed by atoms with E-state index < -0.39 is 0 Å². The highest BCUT2D eigenvalue weighted by molar-refractivity contribution is 4.99. The SMILES string of the molecule is C#CC1CCN(C2CCC2)C1. The normalized spacial score (nSPS) is 33.2. The molecule has 1 unspecified atom stereocenters. The molecule has 60 valence electrons. The largest absolute Gasteiger partial charge is 0.299 e. The average molecular weight is 149 g/mol. The van der Waals surface area contributed by atoms with Crippen LogP contribution in [0.1, 0.15) is 25.7 Å². The van der Waals surface area contributed by atoms with Gasteiger partial charge in [-0.15, -0.1) is 12.3 Å². The first-order valence-corrected chi connectivity index (χ1v) is 4.60. The molecule has 1 saturated carbocycles. The third-order valence-corrected chi connectivity index (χ3v) is 3.05. The second-order valence-electron chi connectivity index (χ2n) is 3.73. The maximum atomic E-state index is 5.38. The van der Waals surface area contributed by atoms with Gasteiger partial charge >= 0.3 is 0 Å². The molecule has 0 amide bonds. The van der Waals surface area contributed by atoms with Crippen LogP contribution in [0.2, 0.25) is 0 Å². The molecule has 0 bridgehead atoms. The molecule has 0 aromatic carbocycles. The molecule has 0 spiro atoms. The van der Waals surface area contributed by atoms with Gasteiger partial charge in [-0.25, -0.2) is 0 Å². The van der Waals surface area contributed by atoms with Crippen LogP contribution in [0.25, 0.3) is 0 Å². The summed E-state index contributed by atoms with van der Waals surface area (Å²) >= 11 is 0. The Kier molecular flexibility index (Phi) is 1.87. The molecule has 1 saturated heterocycles. The number of likely N-dealkylation sites (tertiary alicyclic amines) is 1. The Labute approximate surface area is 68.8 Å². The van der Waals surface area contributed by atoms with Crippen LogP contribution >= 0.6 is 0 Å². The van der Waals surface area contributed by atoms with E-state index in [1.807, 2.05) is 0 Å². The highest BCUT2D eigenvalue weighted by atomic mass is 15.2. The second-order valence-corrected chi connectivity index (χ2v) is 3.73. The van der Waals surface area contributed by atoms with E-state index >= 15 is 0 Å². The van der Waals surface area contributed by atoms with E-state index in [1.165, 1.54) is 38.8 Å². The minimum Gasteiger partial charge on any atom is -0.299 e. The maximum Gasteiger partial charge on any atom is 0.0339 e. The Morgan fingerprint density at radius 1 is 1.27 bits per heavy atom. The van der Waals surface area contributed by atoms with E-state index in [4.69, 9.17) is 6.42 Å². The van der Waals surface area contributed by atoms with E-state index in [-0.39, 0.29) is 0 Å². The Bertz CT molecular complexity index is 176. The Morgan fingerprint density at radius 3 is 2.55 bits per heavy atom. The summed E-state index contributed by atoms with van der Waals surface area (Å²) in [6.07, 6.45) is 10.9. The minimum absolute atomic E-state index is 0.551. The van der Waals surface area contributed by atoms with Gasteiger partial charge in [-0.05, 0) is 25.8 Å². The fourth-order valence-corrected chi connectivity index (χ4v) is 2.01. The lowest BCUT2D eigenvalue weighted by Gasteiger charge is -2.34. The van der Waals surface area contributed by atoms with Crippen molar-refractivity contribution < 1.29 is 0 Å². The Balaban J connectivity index is 1.84. The van der Waals surface area contributed by atoms with Crippen molar-refractivity contribution in [1.82, 2.24) is 4.90 Å². The summed E-state index contributed by atoms with van der Waals surface area (Å²) in [6, 6.07) is 0.897. The summed E-state index contributed by atoms with van der Waals surface area (Å²) in [5.41, 5.74) is 0. The minimum atomic E-state index is 0.551. The van der Waals surface area contributed by atoms with Crippen LogP contribution in [0.4, 0.5) is 0 Å². The van der Waals surface area contributed by atoms with E-state index in [2.05, 4.69) is 10.8 Å². The van der Waals surface area contributed by atoms with E-state index in [0.29, 0.717) is 5.92 Å². The third kappa shape index (κ3) is 1.28. The first-order chi connectivity index (χ1) is 5.40. The van der Waals surface area contributed by atoms with Crippen molar-refractivity contribution >= 4 is 0 Å². The lowest BCUT2D eigenvalue weighted by Crippen LogP contribution is -2.38. The van der Waals surface area contributed by atoms with Crippen LogP contribution in [-0.4, -0.2) is 24.0 Å². The van der Waals surface area contributed by atoms with Gasteiger partial charge in [-0.1, -0.05) is 6.42 Å². The van der Waals surface area contributed by atoms with Gasteiger partial charge in [-0.2, -0.15) is 0 Å². The number of hydrogen-bond acceptors (Lipinski definition) is 1. The van der Waals surface area contributed by atoms with Crippen molar-refractivity contribution in [1.29, 1.82) is 0 Å². The van der Waals surface area contributed by atoms with Crippen LogP contribution in [-0.2, 0) is 0 Å². The third-order valence-electron chi connectivity index (χ3n) is 3.05. The zero-order valence-corrected chi connectivity index (χ0v) is 6.92. The predicted molar refractivity (Wildman–Crippen MR) is 46.2 cm³/mol. The Hall–Kier alpha value is -0.480. The van der Waals surface area contributed by atoms with Gasteiger partial charge in [0.05, 0.1) is 0 Å². The molecule has 1 aliphatic heterocycles. The molecule has 1 atom stereocenters. The molecule has 2 fully saturated rings. The molecule has 1 nitrogen and oxygen atoms in total. The lowest BCUT2D eigenvalue weighted by atomic mass is 9.92. The number of rotatable bonds is 1. The fraction of sp³-hybridized carbons (Fsp3) is 0.800. The molecule has 1 heteroatoms. The van der Waals surface area contributed by atoms with E-state index in [1.54, 1.807) is 0 Å². The lowest BCUT2D eigenvalue weighted by molar-refractivity contribution is 0.156. The summed E-state index contributed by atoms with van der Waals surface area (Å²) in [4.78, 5) is 2.58. The monoisotopic (exact) mass is 149 g/mol. The number of hydrogen-bond donors (Lipinski definition) is 0. The zero-order chi connectivity index (χ0) is 7.68. The van der Waals surface area contributed by atoms with Gasteiger partial charge in [0.2, 0.25) is 0 Å². The molecule has 0 N–H and O–H groups in total. The van der Waals surface area contributed by atoms with E-state index in [0.717, 1.165) is 6.04 Å². The first kappa shape index (κ1) is 7.18. The van der Waals surface area contributed by atoms with Gasteiger partial charge in [0.1, 0.15) is 0 Å². The first-order valence-electron chi connectivity index (χ1n) is 4.60. The number of nitrogens with zero attached hydrogens (tertiary/aromatic N) is 1. The molecule has 0 radical (unpaired) electrons. The molecule has 1 aliphatic carbocycles. The standard InChI is InChI=1S/C10H15N/c1-2-9-6-7-11(8-9)10-4-3-5-10/h1,9-10H,3-8H2. The fourth-order valence-electron chi connectivity index (χ4n) is 2.01. The molecule has 11 heavy (non-hydrogen) atoms. The van der Waals surface area contributed by atoms with Crippen molar-refractivity contribution in [2.45, 2.75) is 31.7 Å². The molecule has 0 aromatic rings. The topological polar surface area (TPSA) is 3.24 Å². The molecule has 1 heterocycles. The van der Waals surface area contributed by atoms with Gasteiger partial charge in [-0.3, -0.25) is 4.90 Å². The van der Waals surface area contributed by atoms with Crippen molar-refractivity contribution in [3.8, 4) is 12.3 Å². The quantitative estimate of drug-likeness (QED) is 0.511. The van der Waals surface area contributed by atoms with Gasteiger partial charge in [0.25, 0.3) is 0 Å². The summed E-state index contributed by atoms with van der Waals surface area (Å²) in [7, 11) is 0. The summed E-state index contributed by atoms with van der Waals surface area (Å²) in [5.74, 6) is 3.41. The van der Waals surface area contributed by atoms with Gasteiger partial charge in [0, 0.05) is 18.5 Å². The molecule has 0 aromatic heterocycles. The van der Waals surface area contributed by atoms with Crippen molar-refractivity contribution in [3.63, 3.8) is 0 Å². The Morgan fingerprint density at radius 2 is 2.09 bits per heavy atom. The van der Waals surface area contributed by atoms with Crippen molar-refractivity contribution in [3.05, 3.63) is 0 Å². The number of terminal acetylenes is 1. The van der Waals surface area contributed by atoms with E-state index in [9.17, 15) is 0 Å². The van der Waals surface area contributed by atoms with Crippen LogP contribution in [0, 0.1) is 18.3 Å². The van der Waals surface area contributed by atoms with Crippen LogP contribution < -0.4 is 0 Å². The van der Waals surface area contributed by atoms with Crippen LogP contribution in [0.3, 0.4) is 0 Å². The average Bonchev–Trinajstić information content (AvgIpc) is 2.32. The maximum absolute atomic E-state index is 5.38. The second kappa shape index (κ2) is 2.87. The highest BCUT2D eigenvalue weighted by Crippen LogP contribution is 2.29. The highest BCUT2D eigenvalue weighted by Gasteiger charge is 2.30. The van der Waals surface area contributed by atoms with Crippen molar-refractivity contribution in [2.24, 2.45) is 5.92 Å². The smallest absolute Gasteiger partial charge is 0.0339 e. The summed E-state index contributed by atoms with van der Waals surface area (Å²) in [5, 5.41) is 0.